The Balaban J connectivity index is 2.10. The third kappa shape index (κ3) is 4.37. The quantitative estimate of drug-likeness (QED) is 0.931. The van der Waals surface area contributed by atoms with Crippen LogP contribution in [0.5, 0.6) is 0 Å². The van der Waals surface area contributed by atoms with E-state index in [0.29, 0.717) is 6.54 Å². The maximum absolute atomic E-state index is 12.0. The van der Waals surface area contributed by atoms with Crippen LogP contribution in [0.1, 0.15) is 0 Å². The molecule has 0 spiro atoms. The molecule has 0 radical (unpaired) electrons. The lowest BCUT2D eigenvalue weighted by atomic mass is 10.3. The summed E-state index contributed by atoms with van der Waals surface area (Å²) in [4.78, 5) is 24.6. The van der Waals surface area contributed by atoms with Gasteiger partial charge in [-0.15, -0.1) is 0 Å². The van der Waals surface area contributed by atoms with Crippen LogP contribution >= 0.6 is 0 Å². The standard InChI is InChI=1S/C16H18N2O4/c1-21-15(19)17-11-14-12-18(16(20)22-14)13-9-7-5-3-2-4-6-8-10-13/h2-10,14H,11-12H2,1H3,(H,17,19)/t14-/m0/s1. The maximum Gasteiger partial charge on any atom is 0.414 e. The number of methoxy groups -OCH3 is 1. The molecule has 1 aliphatic rings. The number of anilines is 1. The zero-order chi connectivity index (χ0) is 15.8. The van der Waals surface area contributed by atoms with E-state index in [4.69, 9.17) is 4.74 Å². The summed E-state index contributed by atoms with van der Waals surface area (Å²) in [5, 5.41) is 2.52. The number of alkyl carbamates (subject to hydrolysis) is 1. The van der Waals surface area contributed by atoms with Crippen LogP contribution < -0.4 is 10.2 Å². The van der Waals surface area contributed by atoms with Crippen molar-refractivity contribution in [2.24, 2.45) is 0 Å². The molecule has 1 atom stereocenters. The van der Waals surface area contributed by atoms with Gasteiger partial charge in [-0.05, 0) is 12.1 Å². The molecule has 0 aliphatic carbocycles. The zero-order valence-electron chi connectivity index (χ0n) is 12.3. The highest BCUT2D eigenvalue weighted by Gasteiger charge is 2.32. The van der Waals surface area contributed by atoms with Gasteiger partial charge < -0.3 is 14.8 Å². The van der Waals surface area contributed by atoms with Crippen molar-refractivity contribution in [3.8, 4) is 0 Å². The second-order valence-electron chi connectivity index (χ2n) is 4.59. The van der Waals surface area contributed by atoms with Gasteiger partial charge in [-0.1, -0.05) is 42.5 Å². The smallest absolute Gasteiger partial charge is 0.414 e. The van der Waals surface area contributed by atoms with E-state index in [1.165, 1.54) is 12.0 Å². The van der Waals surface area contributed by atoms with Crippen molar-refractivity contribution in [2.75, 3.05) is 25.1 Å². The first-order valence-corrected chi connectivity index (χ1v) is 6.89. The summed E-state index contributed by atoms with van der Waals surface area (Å²) in [7, 11) is 1.28. The zero-order valence-corrected chi connectivity index (χ0v) is 12.3. The second-order valence-corrected chi connectivity index (χ2v) is 4.59. The van der Waals surface area contributed by atoms with Crippen LogP contribution in [-0.2, 0) is 9.47 Å². The second kappa shape index (κ2) is 7.87. The molecular weight excluding hydrogens is 284 g/mol. The van der Waals surface area contributed by atoms with E-state index < -0.39 is 18.3 Å². The molecule has 2 amide bonds. The molecule has 1 fully saturated rings. The minimum atomic E-state index is -0.549. The average Bonchev–Trinajstić information content (AvgIpc) is 2.91. The van der Waals surface area contributed by atoms with Crippen LogP contribution in [0.25, 0.3) is 0 Å². The lowest BCUT2D eigenvalue weighted by Crippen LogP contribution is -2.34. The van der Waals surface area contributed by atoms with E-state index in [1.807, 2.05) is 54.6 Å². The number of ether oxygens (including phenoxy) is 2. The van der Waals surface area contributed by atoms with Gasteiger partial charge in [0.05, 0.1) is 20.2 Å². The third-order valence-corrected chi connectivity index (χ3v) is 3.05. The Bertz CT molecular complexity index is 565. The van der Waals surface area contributed by atoms with Gasteiger partial charge in [-0.25, -0.2) is 9.59 Å². The van der Waals surface area contributed by atoms with Gasteiger partial charge in [0.25, 0.3) is 0 Å². The van der Waals surface area contributed by atoms with Crippen molar-refractivity contribution >= 4 is 17.9 Å². The van der Waals surface area contributed by atoms with Crippen LogP contribution in [0.2, 0.25) is 0 Å². The van der Waals surface area contributed by atoms with Crippen molar-refractivity contribution in [3.63, 3.8) is 0 Å². The number of hydrogen-bond donors (Lipinski definition) is 1. The molecule has 6 heteroatoms. The molecule has 1 N–H and O–H groups in total. The molecule has 0 bridgehead atoms. The number of nitrogens with one attached hydrogen (secondary N) is 1. The Labute approximate surface area is 129 Å². The number of carbonyl (C=O) groups excluding carboxylic acids is 2. The van der Waals surface area contributed by atoms with Gasteiger partial charge in [0.1, 0.15) is 6.10 Å². The first kappa shape index (κ1) is 15.6. The van der Waals surface area contributed by atoms with Gasteiger partial charge in [0.15, 0.2) is 0 Å². The Kier molecular flexibility index (Phi) is 5.59. The molecule has 1 saturated heterocycles. The molecule has 22 heavy (non-hydrogen) atoms. The molecule has 116 valence electrons. The minimum absolute atomic E-state index is 0.213. The van der Waals surface area contributed by atoms with Crippen molar-refractivity contribution in [3.05, 3.63) is 54.6 Å². The van der Waals surface area contributed by atoms with Crippen molar-refractivity contribution < 1.29 is 19.1 Å². The maximum atomic E-state index is 12.0. The number of nitrogens with zero attached hydrogens (tertiary/aromatic N) is 1. The lowest BCUT2D eigenvalue weighted by Gasteiger charge is -2.11. The highest BCUT2D eigenvalue weighted by atomic mass is 16.6. The first-order valence-electron chi connectivity index (χ1n) is 6.89. The van der Waals surface area contributed by atoms with Gasteiger partial charge in [0.2, 0.25) is 0 Å². The Morgan fingerprint density at radius 1 is 1.23 bits per heavy atom. The predicted octanol–water partition coefficient (Wildman–Crippen LogP) is 2.49. The molecule has 1 aliphatic heterocycles. The summed E-state index contributed by atoms with van der Waals surface area (Å²) in [6.07, 6.45) is -1.39. The van der Waals surface area contributed by atoms with Crippen LogP contribution in [0.15, 0.2) is 54.6 Å². The van der Waals surface area contributed by atoms with Crippen LogP contribution in [0.4, 0.5) is 15.3 Å². The van der Waals surface area contributed by atoms with Crippen LogP contribution in [0, 0.1) is 0 Å². The highest BCUT2D eigenvalue weighted by Crippen LogP contribution is 2.19. The van der Waals surface area contributed by atoms with Crippen molar-refractivity contribution in [2.45, 2.75) is 6.10 Å². The molecule has 1 heterocycles. The van der Waals surface area contributed by atoms with Gasteiger partial charge >= 0.3 is 12.2 Å². The molecule has 6 nitrogen and oxygen atoms in total. The SMILES string of the molecule is COC(=O)NC[C@H]1CN(c2ccccccccc2)C(=O)O1. The minimum Gasteiger partial charge on any atom is -0.453 e. The lowest BCUT2D eigenvalue weighted by molar-refractivity contribution is 0.132. The summed E-state index contributed by atoms with van der Waals surface area (Å²) in [5.41, 5.74) is 0.724. The first-order chi connectivity index (χ1) is 10.7. The van der Waals surface area contributed by atoms with Gasteiger partial charge in [0, 0.05) is 5.69 Å². The van der Waals surface area contributed by atoms with Crippen molar-refractivity contribution in [1.82, 2.24) is 5.32 Å². The number of rotatable bonds is 3. The summed E-state index contributed by atoms with van der Waals surface area (Å²) < 4.78 is 9.72. The van der Waals surface area contributed by atoms with E-state index in [0.717, 1.165) is 5.69 Å². The molecule has 2 rings (SSSR count). The van der Waals surface area contributed by atoms with E-state index >= 15 is 0 Å². The fraction of sp³-hybridized carbons (Fsp3) is 0.250. The molecular formula is C16H18N2O4. The van der Waals surface area contributed by atoms with E-state index in [1.54, 1.807) is 0 Å². The summed E-state index contributed by atoms with van der Waals surface area (Å²) >= 11 is 0. The topological polar surface area (TPSA) is 67.9 Å². The molecule has 0 saturated carbocycles. The van der Waals surface area contributed by atoms with E-state index in [2.05, 4.69) is 10.1 Å². The molecule has 1 aromatic carbocycles. The number of hydrogen-bond acceptors (Lipinski definition) is 4. The fourth-order valence-corrected chi connectivity index (χ4v) is 1.97. The summed E-state index contributed by atoms with van der Waals surface area (Å²) in [6.45, 7) is 0.580. The Morgan fingerprint density at radius 2 is 1.82 bits per heavy atom. The third-order valence-electron chi connectivity index (χ3n) is 3.05. The summed E-state index contributed by atoms with van der Waals surface area (Å²) in [5.74, 6) is 0. The van der Waals surface area contributed by atoms with Crippen molar-refractivity contribution in [1.29, 1.82) is 0 Å². The van der Waals surface area contributed by atoms with Gasteiger partial charge in [-0.3, -0.25) is 4.90 Å². The molecule has 0 aromatic heterocycles. The average molecular weight is 302 g/mol. The Hall–Kier alpha value is -2.76. The number of carbonyl (C=O) groups is 2. The van der Waals surface area contributed by atoms with E-state index in [-0.39, 0.29) is 6.54 Å². The predicted molar refractivity (Wildman–Crippen MR) is 82.1 cm³/mol. The molecule has 1 aromatic rings. The van der Waals surface area contributed by atoms with Gasteiger partial charge in [-0.2, -0.15) is 0 Å². The monoisotopic (exact) mass is 302 g/mol. The number of cyclic esters (lactones) is 1. The van der Waals surface area contributed by atoms with E-state index in [9.17, 15) is 9.59 Å². The Morgan fingerprint density at radius 3 is 2.41 bits per heavy atom. The van der Waals surface area contributed by atoms with Crippen LogP contribution in [0.3, 0.4) is 0 Å². The molecule has 0 unspecified atom stereocenters. The number of amides is 2. The largest absolute Gasteiger partial charge is 0.453 e. The normalized spacial score (nSPS) is 16.5. The van der Waals surface area contributed by atoms with Crippen LogP contribution in [-0.4, -0.2) is 38.5 Å². The highest BCUT2D eigenvalue weighted by molar-refractivity contribution is 5.89. The fourth-order valence-electron chi connectivity index (χ4n) is 1.97. The summed E-state index contributed by atoms with van der Waals surface area (Å²) in [6, 6.07) is 16.8.